The summed E-state index contributed by atoms with van der Waals surface area (Å²) in [7, 11) is 0. The summed E-state index contributed by atoms with van der Waals surface area (Å²) in [4.78, 5) is 0. The van der Waals surface area contributed by atoms with E-state index < -0.39 is 0 Å². The Balaban J connectivity index is 2.40. The summed E-state index contributed by atoms with van der Waals surface area (Å²) in [5, 5.41) is 3.88. The van der Waals surface area contributed by atoms with E-state index in [9.17, 15) is 4.39 Å². The number of halogens is 1. The van der Waals surface area contributed by atoms with E-state index in [4.69, 9.17) is 10.3 Å². The zero-order valence-electron chi connectivity index (χ0n) is 12.0. The normalized spacial score (nSPS) is 12.6. The summed E-state index contributed by atoms with van der Waals surface area (Å²) in [5.41, 5.74) is 7.39. The second-order valence-corrected chi connectivity index (χ2v) is 5.06. The molecule has 108 valence electrons. The lowest BCUT2D eigenvalue weighted by Crippen LogP contribution is -1.99. The molecule has 20 heavy (non-hydrogen) atoms. The Morgan fingerprint density at radius 1 is 1.35 bits per heavy atom. The first kappa shape index (κ1) is 14.6. The van der Waals surface area contributed by atoms with Crippen molar-refractivity contribution in [3.63, 3.8) is 0 Å². The average Bonchev–Trinajstić information content (AvgIpc) is 2.82. The molecule has 0 radical (unpaired) electrons. The maximum Gasteiger partial charge on any atom is 0.175 e. The van der Waals surface area contributed by atoms with Crippen LogP contribution in [0.25, 0.3) is 11.1 Å². The van der Waals surface area contributed by atoms with Gasteiger partial charge in [-0.3, -0.25) is 0 Å². The third-order valence-electron chi connectivity index (χ3n) is 3.63. The van der Waals surface area contributed by atoms with Crippen LogP contribution in [0.1, 0.15) is 51.2 Å². The number of hydrogen-bond acceptors (Lipinski definition) is 3. The fourth-order valence-electron chi connectivity index (χ4n) is 2.50. The minimum Gasteiger partial charge on any atom is -0.380 e. The minimum atomic E-state index is -0.282. The Bertz CT molecular complexity index is 565. The minimum absolute atomic E-state index is 0.276. The largest absolute Gasteiger partial charge is 0.380 e. The molecular formula is C16H21FN2O. The molecule has 3 nitrogen and oxygen atoms in total. The van der Waals surface area contributed by atoms with E-state index in [1.165, 1.54) is 12.1 Å². The van der Waals surface area contributed by atoms with Crippen LogP contribution < -0.4 is 5.73 Å². The summed E-state index contributed by atoms with van der Waals surface area (Å²) in [6, 6.07) is 6.40. The van der Waals surface area contributed by atoms with Crippen molar-refractivity contribution in [3.8, 4) is 11.1 Å². The van der Waals surface area contributed by atoms with Gasteiger partial charge in [0.15, 0.2) is 5.82 Å². The predicted molar refractivity (Wildman–Crippen MR) is 78.9 cm³/mol. The molecule has 1 aromatic carbocycles. The van der Waals surface area contributed by atoms with Crippen molar-refractivity contribution < 1.29 is 8.91 Å². The van der Waals surface area contributed by atoms with E-state index >= 15 is 0 Å². The van der Waals surface area contributed by atoms with Gasteiger partial charge in [0.1, 0.15) is 11.6 Å². The van der Waals surface area contributed by atoms with E-state index in [0.29, 0.717) is 5.82 Å². The number of unbranched alkanes of at least 4 members (excludes halogenated alkanes) is 1. The lowest BCUT2D eigenvalue weighted by molar-refractivity contribution is 0.349. The van der Waals surface area contributed by atoms with Gasteiger partial charge in [-0.1, -0.05) is 44.0 Å². The first-order chi connectivity index (χ1) is 9.67. The molecule has 0 saturated carbocycles. The van der Waals surface area contributed by atoms with Crippen molar-refractivity contribution >= 4 is 5.82 Å². The number of nitrogen functional groups attached to an aromatic ring is 1. The van der Waals surface area contributed by atoms with E-state index in [1.54, 1.807) is 6.07 Å². The topological polar surface area (TPSA) is 52.0 Å². The van der Waals surface area contributed by atoms with E-state index in [2.05, 4.69) is 19.0 Å². The van der Waals surface area contributed by atoms with Gasteiger partial charge in [0.2, 0.25) is 0 Å². The Labute approximate surface area is 119 Å². The number of rotatable bonds is 6. The molecule has 0 amide bonds. The second kappa shape index (κ2) is 6.55. The maximum atomic E-state index is 13.4. The second-order valence-electron chi connectivity index (χ2n) is 5.06. The van der Waals surface area contributed by atoms with Gasteiger partial charge in [-0.05, 0) is 30.5 Å². The zero-order chi connectivity index (χ0) is 14.5. The van der Waals surface area contributed by atoms with Crippen molar-refractivity contribution in [1.82, 2.24) is 5.16 Å². The van der Waals surface area contributed by atoms with Crippen LogP contribution in [0, 0.1) is 5.82 Å². The molecule has 1 aromatic heterocycles. The zero-order valence-corrected chi connectivity index (χ0v) is 12.0. The molecule has 2 rings (SSSR count). The van der Waals surface area contributed by atoms with Gasteiger partial charge >= 0.3 is 0 Å². The molecule has 0 aliphatic heterocycles. The number of hydrogen-bond donors (Lipinski definition) is 1. The highest BCUT2D eigenvalue weighted by Gasteiger charge is 2.23. The van der Waals surface area contributed by atoms with Crippen LogP contribution in [0.4, 0.5) is 10.2 Å². The quantitative estimate of drug-likeness (QED) is 0.828. The molecule has 4 heteroatoms. The first-order valence-electron chi connectivity index (χ1n) is 7.18. The van der Waals surface area contributed by atoms with Gasteiger partial charge in [-0.15, -0.1) is 0 Å². The molecule has 0 fully saturated rings. The lowest BCUT2D eigenvalue weighted by atomic mass is 9.91. The van der Waals surface area contributed by atoms with Crippen molar-refractivity contribution in [2.75, 3.05) is 5.73 Å². The fraction of sp³-hybridized carbons (Fsp3) is 0.438. The molecule has 0 spiro atoms. The Hall–Kier alpha value is -1.84. The van der Waals surface area contributed by atoms with Gasteiger partial charge in [0.05, 0.1) is 5.56 Å². The van der Waals surface area contributed by atoms with E-state index in [-0.39, 0.29) is 11.7 Å². The standard InChI is InChI=1S/C16H21FN2O/c1-3-5-7-11(4-2)15-14(16(18)19-20-15)12-8-6-9-13(17)10-12/h6,8-11H,3-5,7H2,1-2H3,(H2,18,19). The molecule has 2 aromatic rings. The first-order valence-corrected chi connectivity index (χ1v) is 7.18. The SMILES string of the molecule is CCCCC(CC)c1onc(N)c1-c1cccc(F)c1. The Morgan fingerprint density at radius 3 is 2.80 bits per heavy atom. The summed E-state index contributed by atoms with van der Waals surface area (Å²) < 4.78 is 18.9. The van der Waals surface area contributed by atoms with E-state index in [1.807, 2.05) is 6.07 Å². The van der Waals surface area contributed by atoms with Gasteiger partial charge in [-0.25, -0.2) is 4.39 Å². The summed E-state index contributed by atoms with van der Waals surface area (Å²) in [5.74, 6) is 1.11. The maximum absolute atomic E-state index is 13.4. The molecule has 2 N–H and O–H groups in total. The highest BCUT2D eigenvalue weighted by atomic mass is 19.1. The van der Waals surface area contributed by atoms with Crippen LogP contribution in [0.5, 0.6) is 0 Å². The number of aromatic nitrogens is 1. The van der Waals surface area contributed by atoms with Crippen LogP contribution >= 0.6 is 0 Å². The van der Waals surface area contributed by atoms with E-state index in [0.717, 1.165) is 42.6 Å². The third kappa shape index (κ3) is 3.00. The number of anilines is 1. The highest BCUT2D eigenvalue weighted by molar-refractivity contribution is 5.75. The average molecular weight is 276 g/mol. The molecule has 0 aliphatic carbocycles. The van der Waals surface area contributed by atoms with Gasteiger partial charge in [-0.2, -0.15) is 0 Å². The molecule has 1 atom stereocenters. The highest BCUT2D eigenvalue weighted by Crippen LogP contribution is 2.37. The smallest absolute Gasteiger partial charge is 0.175 e. The van der Waals surface area contributed by atoms with Crippen molar-refractivity contribution in [1.29, 1.82) is 0 Å². The van der Waals surface area contributed by atoms with Crippen LogP contribution in [-0.2, 0) is 0 Å². The van der Waals surface area contributed by atoms with Crippen LogP contribution in [0.3, 0.4) is 0 Å². The summed E-state index contributed by atoms with van der Waals surface area (Å²) in [6.45, 7) is 4.28. The third-order valence-corrected chi connectivity index (χ3v) is 3.63. The van der Waals surface area contributed by atoms with Gasteiger partial charge in [0, 0.05) is 5.92 Å². The summed E-state index contributed by atoms with van der Waals surface area (Å²) in [6.07, 6.45) is 4.25. The Kier molecular flexibility index (Phi) is 4.77. The monoisotopic (exact) mass is 276 g/mol. The van der Waals surface area contributed by atoms with Crippen LogP contribution in [0.15, 0.2) is 28.8 Å². The van der Waals surface area contributed by atoms with Crippen LogP contribution in [-0.4, -0.2) is 5.16 Å². The predicted octanol–water partition coefficient (Wildman–Crippen LogP) is 4.75. The van der Waals surface area contributed by atoms with Gasteiger partial charge < -0.3 is 10.3 Å². The fourth-order valence-corrected chi connectivity index (χ4v) is 2.50. The molecule has 1 unspecified atom stereocenters. The van der Waals surface area contributed by atoms with Crippen molar-refractivity contribution in [2.45, 2.75) is 45.4 Å². The molecular weight excluding hydrogens is 255 g/mol. The number of nitrogens with two attached hydrogens (primary N) is 1. The molecule has 0 bridgehead atoms. The van der Waals surface area contributed by atoms with Crippen molar-refractivity contribution in [3.05, 3.63) is 35.8 Å². The molecule has 0 saturated heterocycles. The van der Waals surface area contributed by atoms with Gasteiger partial charge in [0.25, 0.3) is 0 Å². The number of benzene rings is 1. The van der Waals surface area contributed by atoms with Crippen molar-refractivity contribution in [2.24, 2.45) is 0 Å². The molecule has 1 heterocycles. The number of nitrogens with zero attached hydrogens (tertiary/aromatic N) is 1. The lowest BCUT2D eigenvalue weighted by Gasteiger charge is -2.13. The molecule has 0 aliphatic rings. The van der Waals surface area contributed by atoms with Crippen LogP contribution in [0.2, 0.25) is 0 Å². The summed E-state index contributed by atoms with van der Waals surface area (Å²) >= 11 is 0. The Morgan fingerprint density at radius 2 is 2.15 bits per heavy atom.